The Bertz CT molecular complexity index is 1010. The van der Waals surface area contributed by atoms with Crippen molar-refractivity contribution in [2.24, 2.45) is 0 Å². The smallest absolute Gasteiger partial charge is 0.170 e. The van der Waals surface area contributed by atoms with E-state index in [-0.39, 0.29) is 12.1 Å². The Morgan fingerprint density at radius 1 is 1.19 bits per heavy atom. The summed E-state index contributed by atoms with van der Waals surface area (Å²) in [6.45, 7) is 7.01. The zero-order valence-corrected chi connectivity index (χ0v) is 19.5. The van der Waals surface area contributed by atoms with Crippen LogP contribution in [-0.4, -0.2) is 51.6 Å². The number of hydrogen-bond donors (Lipinski definition) is 1. The number of furan rings is 1. The number of pyridine rings is 1. The van der Waals surface area contributed by atoms with Gasteiger partial charge < -0.3 is 24.1 Å². The molecule has 164 valence electrons. The summed E-state index contributed by atoms with van der Waals surface area (Å²) >= 11 is 5.80. The van der Waals surface area contributed by atoms with Crippen molar-refractivity contribution in [2.75, 3.05) is 27.2 Å². The van der Waals surface area contributed by atoms with Crippen molar-refractivity contribution < 1.29 is 4.42 Å². The van der Waals surface area contributed by atoms with Crippen LogP contribution in [0, 0.1) is 13.8 Å². The monoisotopic (exact) mass is 437 g/mol. The van der Waals surface area contributed by atoms with Crippen LogP contribution < -0.4 is 5.32 Å². The Morgan fingerprint density at radius 2 is 2.03 bits per heavy atom. The molecule has 0 aliphatic carbocycles. The minimum Gasteiger partial charge on any atom is -0.467 e. The second-order valence-corrected chi connectivity index (χ2v) is 8.86. The molecule has 4 rings (SSSR count). The van der Waals surface area contributed by atoms with Crippen LogP contribution in [0.2, 0.25) is 0 Å². The van der Waals surface area contributed by atoms with E-state index in [2.05, 4.69) is 64.7 Å². The third-order valence-electron chi connectivity index (χ3n) is 6.03. The lowest BCUT2D eigenvalue weighted by atomic mass is 9.96. The molecule has 0 spiro atoms. The van der Waals surface area contributed by atoms with E-state index in [4.69, 9.17) is 16.6 Å². The summed E-state index contributed by atoms with van der Waals surface area (Å²) in [6, 6.07) is 12.5. The second-order valence-electron chi connectivity index (χ2n) is 8.47. The Morgan fingerprint density at radius 3 is 2.71 bits per heavy atom. The van der Waals surface area contributed by atoms with Gasteiger partial charge in [-0.15, -0.1) is 0 Å². The van der Waals surface area contributed by atoms with E-state index >= 15 is 0 Å². The van der Waals surface area contributed by atoms with Gasteiger partial charge in [-0.05, 0) is 89.0 Å². The van der Waals surface area contributed by atoms with Gasteiger partial charge in [0.25, 0.3) is 0 Å². The third-order valence-corrected chi connectivity index (χ3v) is 6.38. The zero-order chi connectivity index (χ0) is 22.0. The zero-order valence-electron chi connectivity index (χ0n) is 18.7. The molecule has 0 bridgehead atoms. The number of aryl methyl sites for hydroxylation is 1. The van der Waals surface area contributed by atoms with Gasteiger partial charge in [0, 0.05) is 24.1 Å². The Kier molecular flexibility index (Phi) is 6.43. The molecule has 1 N–H and O–H groups in total. The van der Waals surface area contributed by atoms with E-state index in [9.17, 15) is 0 Å². The number of thiocarbonyl (C=S) groups is 1. The molecular formula is C24H31N5OS. The second kappa shape index (κ2) is 9.24. The fourth-order valence-electron chi connectivity index (χ4n) is 4.47. The van der Waals surface area contributed by atoms with Crippen molar-refractivity contribution in [1.82, 2.24) is 24.7 Å². The van der Waals surface area contributed by atoms with Crippen LogP contribution >= 0.6 is 12.2 Å². The summed E-state index contributed by atoms with van der Waals surface area (Å²) in [6.07, 6.45) is 4.63. The predicted octanol–water partition coefficient (Wildman–Crippen LogP) is 4.07. The van der Waals surface area contributed by atoms with Gasteiger partial charge >= 0.3 is 0 Å². The summed E-state index contributed by atoms with van der Waals surface area (Å²) in [7, 11) is 4.22. The lowest BCUT2D eigenvalue weighted by Crippen LogP contribution is -2.32. The van der Waals surface area contributed by atoms with Gasteiger partial charge in [0.05, 0.1) is 30.6 Å². The predicted molar refractivity (Wildman–Crippen MR) is 127 cm³/mol. The topological polar surface area (TPSA) is 49.5 Å². The van der Waals surface area contributed by atoms with Crippen molar-refractivity contribution >= 4 is 17.3 Å². The Hall–Kier alpha value is -2.64. The molecular weight excluding hydrogens is 406 g/mol. The van der Waals surface area contributed by atoms with Crippen LogP contribution in [0.25, 0.3) is 0 Å². The molecule has 1 saturated heterocycles. The number of nitrogens with zero attached hydrogens (tertiary/aromatic N) is 4. The first-order valence-electron chi connectivity index (χ1n) is 10.8. The summed E-state index contributed by atoms with van der Waals surface area (Å²) in [4.78, 5) is 9.21. The highest BCUT2D eigenvalue weighted by atomic mass is 32.1. The molecule has 0 aromatic carbocycles. The van der Waals surface area contributed by atoms with E-state index in [0.29, 0.717) is 0 Å². The van der Waals surface area contributed by atoms with Gasteiger partial charge in [-0.25, -0.2) is 0 Å². The maximum absolute atomic E-state index is 5.80. The minimum absolute atomic E-state index is 0.0191. The fraction of sp³-hybridized carbons (Fsp3) is 0.417. The standard InChI is InChI=1S/C24H31N5OS/c1-17-15-20(18(2)29(17)16-19-9-7-14-30-19)23-22(21-10-5-6-11-25-21)26-24(31)28(23)13-8-12-27(3)4/h5-7,9-11,14-15,22-23H,8,12-13,16H2,1-4H3,(H,26,31). The highest BCUT2D eigenvalue weighted by molar-refractivity contribution is 7.80. The first kappa shape index (κ1) is 21.6. The van der Waals surface area contributed by atoms with Gasteiger partial charge in [0.1, 0.15) is 5.76 Å². The first-order chi connectivity index (χ1) is 15.0. The molecule has 1 aliphatic heterocycles. The summed E-state index contributed by atoms with van der Waals surface area (Å²) in [5.41, 5.74) is 4.76. The van der Waals surface area contributed by atoms with Crippen LogP contribution in [0.3, 0.4) is 0 Å². The summed E-state index contributed by atoms with van der Waals surface area (Å²) in [5.74, 6) is 0.956. The van der Waals surface area contributed by atoms with Crippen molar-refractivity contribution in [3.63, 3.8) is 0 Å². The van der Waals surface area contributed by atoms with E-state index in [1.807, 2.05) is 30.5 Å². The van der Waals surface area contributed by atoms with Crippen molar-refractivity contribution in [2.45, 2.75) is 38.9 Å². The summed E-state index contributed by atoms with van der Waals surface area (Å²) < 4.78 is 7.93. The van der Waals surface area contributed by atoms with Gasteiger partial charge in [0.15, 0.2) is 5.11 Å². The van der Waals surface area contributed by atoms with Gasteiger partial charge in [-0.1, -0.05) is 6.07 Å². The van der Waals surface area contributed by atoms with Crippen molar-refractivity contribution in [3.05, 3.63) is 77.3 Å². The first-order valence-corrected chi connectivity index (χ1v) is 11.2. The van der Waals surface area contributed by atoms with E-state index in [1.165, 1.54) is 17.0 Å². The van der Waals surface area contributed by atoms with E-state index < -0.39 is 0 Å². The highest BCUT2D eigenvalue weighted by Crippen LogP contribution is 2.41. The number of nitrogens with one attached hydrogen (secondary N) is 1. The maximum Gasteiger partial charge on any atom is 0.170 e. The largest absolute Gasteiger partial charge is 0.467 e. The Balaban J connectivity index is 1.70. The minimum atomic E-state index is 0.0191. The van der Waals surface area contributed by atoms with Crippen LogP contribution in [0.15, 0.2) is 53.3 Å². The van der Waals surface area contributed by atoms with Crippen molar-refractivity contribution in [1.29, 1.82) is 0 Å². The Labute approximate surface area is 189 Å². The average molecular weight is 438 g/mol. The molecule has 31 heavy (non-hydrogen) atoms. The van der Waals surface area contributed by atoms with Crippen LogP contribution in [0.5, 0.6) is 0 Å². The number of rotatable bonds is 8. The fourth-order valence-corrected chi connectivity index (χ4v) is 4.80. The van der Waals surface area contributed by atoms with Gasteiger partial charge in [0.2, 0.25) is 0 Å². The number of aromatic nitrogens is 2. The normalized spacial score (nSPS) is 18.7. The molecule has 6 nitrogen and oxygen atoms in total. The molecule has 2 unspecified atom stereocenters. The SMILES string of the molecule is Cc1cc(C2C(c3ccccn3)NC(=S)N2CCCN(C)C)c(C)n1Cc1ccco1. The molecule has 0 radical (unpaired) electrons. The van der Waals surface area contributed by atoms with Gasteiger partial charge in [-0.2, -0.15) is 0 Å². The molecule has 4 heterocycles. The van der Waals surface area contributed by atoms with Crippen LogP contribution in [0.4, 0.5) is 0 Å². The molecule has 0 amide bonds. The summed E-state index contributed by atoms with van der Waals surface area (Å²) in [5, 5.41) is 4.36. The van der Waals surface area contributed by atoms with E-state index in [0.717, 1.165) is 42.6 Å². The van der Waals surface area contributed by atoms with Crippen LogP contribution in [0.1, 0.15) is 46.9 Å². The quantitative estimate of drug-likeness (QED) is 0.536. The van der Waals surface area contributed by atoms with Crippen molar-refractivity contribution in [3.8, 4) is 0 Å². The van der Waals surface area contributed by atoms with Gasteiger partial charge in [-0.3, -0.25) is 4.98 Å². The number of hydrogen-bond acceptors (Lipinski definition) is 4. The lowest BCUT2D eigenvalue weighted by molar-refractivity contribution is 0.292. The van der Waals surface area contributed by atoms with Crippen LogP contribution in [-0.2, 0) is 6.54 Å². The molecule has 3 aromatic heterocycles. The third kappa shape index (κ3) is 4.52. The molecule has 3 aromatic rings. The van der Waals surface area contributed by atoms with E-state index in [1.54, 1.807) is 6.26 Å². The molecule has 1 fully saturated rings. The molecule has 7 heteroatoms. The average Bonchev–Trinajstić information content (AvgIpc) is 3.44. The molecule has 2 atom stereocenters. The lowest BCUT2D eigenvalue weighted by Gasteiger charge is -2.28. The molecule has 0 saturated carbocycles. The highest BCUT2D eigenvalue weighted by Gasteiger charge is 2.41. The molecule has 1 aliphatic rings. The maximum atomic E-state index is 5.80.